The summed E-state index contributed by atoms with van der Waals surface area (Å²) < 4.78 is 0. The number of hydrogen-bond donors (Lipinski definition) is 1. The van der Waals surface area contributed by atoms with Gasteiger partial charge in [-0.05, 0) is 24.3 Å². The Balaban J connectivity index is 2.73. The lowest BCUT2D eigenvalue weighted by molar-refractivity contribution is -0.118. The molecule has 0 atom stereocenters. The number of amides is 1. The summed E-state index contributed by atoms with van der Waals surface area (Å²) >= 11 is 5.71. The molecule has 76 valence electrons. The molecule has 1 amide bonds. The van der Waals surface area contributed by atoms with Crippen LogP contribution in [0.4, 0.5) is 5.69 Å². The van der Waals surface area contributed by atoms with Gasteiger partial charge >= 0.3 is 0 Å². The third-order valence-corrected chi connectivity index (χ3v) is 2.17. The molecule has 0 aliphatic rings. The van der Waals surface area contributed by atoms with E-state index >= 15 is 0 Å². The first-order chi connectivity index (χ1) is 6.65. The summed E-state index contributed by atoms with van der Waals surface area (Å²) in [4.78, 5) is 12.9. The number of halogens is 1. The highest BCUT2D eigenvalue weighted by atomic mass is 35.5. The Bertz CT molecular complexity index is 310. The fraction of sp³-hybridized carbons (Fsp3) is 0.300. The van der Waals surface area contributed by atoms with Gasteiger partial charge in [0.05, 0.1) is 13.0 Å². The molecule has 0 saturated heterocycles. The predicted octanol–water partition coefficient (Wildman–Crippen LogP) is 1.69. The van der Waals surface area contributed by atoms with Crippen molar-refractivity contribution in [2.45, 2.75) is 6.42 Å². The predicted molar refractivity (Wildman–Crippen MR) is 56.6 cm³/mol. The Morgan fingerprint density at radius 2 is 2.00 bits per heavy atom. The molecule has 0 spiro atoms. The number of hydrogen-bond acceptors (Lipinski definition) is 2. The number of aliphatic hydroxyl groups excluding tert-OH is 1. The Labute approximate surface area is 87.9 Å². The molecule has 0 aromatic heterocycles. The maximum Gasteiger partial charge on any atom is 0.229 e. The van der Waals surface area contributed by atoms with Crippen LogP contribution in [-0.2, 0) is 4.79 Å². The minimum atomic E-state index is -0.128. The summed E-state index contributed by atoms with van der Waals surface area (Å²) in [5.41, 5.74) is 0.771. The van der Waals surface area contributed by atoms with E-state index < -0.39 is 0 Å². The quantitative estimate of drug-likeness (QED) is 0.830. The second-order valence-corrected chi connectivity index (χ2v) is 3.34. The third-order valence-electron chi connectivity index (χ3n) is 1.91. The lowest BCUT2D eigenvalue weighted by Gasteiger charge is -2.16. The van der Waals surface area contributed by atoms with Crippen LogP contribution in [0.1, 0.15) is 6.42 Å². The zero-order valence-electron chi connectivity index (χ0n) is 7.90. The van der Waals surface area contributed by atoms with Gasteiger partial charge in [-0.15, -0.1) is 0 Å². The zero-order valence-corrected chi connectivity index (χ0v) is 8.66. The van der Waals surface area contributed by atoms with Crippen molar-refractivity contribution in [2.75, 3.05) is 18.6 Å². The Morgan fingerprint density at radius 3 is 2.50 bits per heavy atom. The van der Waals surface area contributed by atoms with E-state index in [1.807, 2.05) is 0 Å². The number of carbonyl (C=O) groups is 1. The van der Waals surface area contributed by atoms with Gasteiger partial charge in [0.1, 0.15) is 0 Å². The summed E-state index contributed by atoms with van der Waals surface area (Å²) in [6.07, 6.45) is 0.138. The minimum absolute atomic E-state index is 0.116. The molecule has 0 heterocycles. The molecule has 0 aliphatic heterocycles. The van der Waals surface area contributed by atoms with E-state index in [0.717, 1.165) is 5.69 Å². The molecule has 1 N–H and O–H groups in total. The second-order valence-electron chi connectivity index (χ2n) is 2.90. The van der Waals surface area contributed by atoms with Crippen molar-refractivity contribution in [1.29, 1.82) is 0 Å². The number of anilines is 1. The summed E-state index contributed by atoms with van der Waals surface area (Å²) in [5, 5.41) is 9.24. The van der Waals surface area contributed by atoms with Crippen molar-refractivity contribution in [3.8, 4) is 0 Å². The second kappa shape index (κ2) is 4.98. The lowest BCUT2D eigenvalue weighted by Crippen LogP contribution is -2.26. The average Bonchev–Trinajstić information content (AvgIpc) is 2.18. The summed E-state index contributed by atoms with van der Waals surface area (Å²) in [6.45, 7) is -0.128. The fourth-order valence-electron chi connectivity index (χ4n) is 1.07. The first kappa shape index (κ1) is 11.0. The Morgan fingerprint density at radius 1 is 1.43 bits per heavy atom. The van der Waals surface area contributed by atoms with Crippen molar-refractivity contribution in [2.24, 2.45) is 0 Å². The molecular weight excluding hydrogens is 202 g/mol. The molecule has 3 nitrogen and oxygen atoms in total. The van der Waals surface area contributed by atoms with Crippen LogP contribution in [0.15, 0.2) is 24.3 Å². The lowest BCUT2D eigenvalue weighted by atomic mass is 10.3. The number of benzene rings is 1. The van der Waals surface area contributed by atoms with Crippen molar-refractivity contribution in [1.82, 2.24) is 0 Å². The topological polar surface area (TPSA) is 40.5 Å². The van der Waals surface area contributed by atoms with Crippen LogP contribution < -0.4 is 4.90 Å². The van der Waals surface area contributed by atoms with Gasteiger partial charge in [0.25, 0.3) is 0 Å². The largest absolute Gasteiger partial charge is 0.396 e. The summed E-state index contributed by atoms with van der Waals surface area (Å²) in [6, 6.07) is 6.97. The smallest absolute Gasteiger partial charge is 0.229 e. The Hall–Kier alpha value is -1.06. The first-order valence-electron chi connectivity index (χ1n) is 4.28. The molecule has 1 aromatic rings. The van der Waals surface area contributed by atoms with E-state index in [-0.39, 0.29) is 18.9 Å². The van der Waals surface area contributed by atoms with Crippen molar-refractivity contribution >= 4 is 23.2 Å². The van der Waals surface area contributed by atoms with E-state index in [9.17, 15) is 4.79 Å². The summed E-state index contributed by atoms with van der Waals surface area (Å²) in [5.74, 6) is -0.116. The van der Waals surface area contributed by atoms with Gasteiger partial charge < -0.3 is 10.0 Å². The SMILES string of the molecule is CN(C(=O)CCO)c1ccc(Cl)cc1. The van der Waals surface area contributed by atoms with Crippen LogP contribution in [-0.4, -0.2) is 24.7 Å². The number of aliphatic hydroxyl groups is 1. The normalized spacial score (nSPS) is 9.93. The van der Waals surface area contributed by atoms with Gasteiger partial charge in [-0.1, -0.05) is 11.6 Å². The minimum Gasteiger partial charge on any atom is -0.396 e. The van der Waals surface area contributed by atoms with Crippen molar-refractivity contribution in [3.05, 3.63) is 29.3 Å². The van der Waals surface area contributed by atoms with Gasteiger partial charge in [0.2, 0.25) is 5.91 Å². The van der Waals surface area contributed by atoms with E-state index in [1.54, 1.807) is 31.3 Å². The van der Waals surface area contributed by atoms with E-state index in [1.165, 1.54) is 4.90 Å². The van der Waals surface area contributed by atoms with E-state index in [2.05, 4.69) is 0 Å². The molecule has 1 aromatic carbocycles. The standard InChI is InChI=1S/C10H12ClNO2/c1-12(10(14)6-7-13)9-4-2-8(11)3-5-9/h2-5,13H,6-7H2,1H3. The van der Waals surface area contributed by atoms with Gasteiger partial charge in [0, 0.05) is 17.8 Å². The Kier molecular flexibility index (Phi) is 3.92. The molecular formula is C10H12ClNO2. The van der Waals surface area contributed by atoms with E-state index in [4.69, 9.17) is 16.7 Å². The highest BCUT2D eigenvalue weighted by molar-refractivity contribution is 6.30. The highest BCUT2D eigenvalue weighted by Gasteiger charge is 2.09. The van der Waals surface area contributed by atoms with Crippen molar-refractivity contribution in [3.63, 3.8) is 0 Å². The molecule has 0 unspecified atom stereocenters. The number of nitrogens with zero attached hydrogens (tertiary/aromatic N) is 1. The van der Waals surface area contributed by atoms with Gasteiger partial charge in [-0.3, -0.25) is 4.79 Å². The third kappa shape index (κ3) is 2.72. The maximum absolute atomic E-state index is 11.4. The molecule has 0 fully saturated rings. The van der Waals surface area contributed by atoms with Gasteiger partial charge in [-0.25, -0.2) is 0 Å². The highest BCUT2D eigenvalue weighted by Crippen LogP contribution is 2.17. The van der Waals surface area contributed by atoms with Crippen LogP contribution in [0.2, 0.25) is 5.02 Å². The van der Waals surface area contributed by atoms with E-state index in [0.29, 0.717) is 5.02 Å². The van der Waals surface area contributed by atoms with Crippen LogP contribution in [0.5, 0.6) is 0 Å². The van der Waals surface area contributed by atoms with Gasteiger partial charge in [0.15, 0.2) is 0 Å². The number of rotatable bonds is 3. The summed E-state index contributed by atoms with van der Waals surface area (Å²) in [7, 11) is 1.67. The number of carbonyl (C=O) groups excluding carboxylic acids is 1. The maximum atomic E-state index is 11.4. The van der Waals surface area contributed by atoms with Crippen molar-refractivity contribution < 1.29 is 9.90 Å². The molecule has 0 aliphatic carbocycles. The average molecular weight is 214 g/mol. The zero-order chi connectivity index (χ0) is 10.6. The fourth-order valence-corrected chi connectivity index (χ4v) is 1.20. The molecule has 1 rings (SSSR count). The monoisotopic (exact) mass is 213 g/mol. The molecule has 0 radical (unpaired) electrons. The first-order valence-corrected chi connectivity index (χ1v) is 4.66. The molecule has 0 bridgehead atoms. The van der Waals surface area contributed by atoms with Crippen LogP contribution in [0.3, 0.4) is 0 Å². The van der Waals surface area contributed by atoms with Crippen LogP contribution in [0, 0.1) is 0 Å². The molecule has 0 saturated carbocycles. The van der Waals surface area contributed by atoms with Gasteiger partial charge in [-0.2, -0.15) is 0 Å². The van der Waals surface area contributed by atoms with Crippen LogP contribution >= 0.6 is 11.6 Å². The van der Waals surface area contributed by atoms with Crippen LogP contribution in [0.25, 0.3) is 0 Å². The molecule has 4 heteroatoms. The molecule has 14 heavy (non-hydrogen) atoms.